The third-order valence-corrected chi connectivity index (χ3v) is 7.01. The summed E-state index contributed by atoms with van der Waals surface area (Å²) in [6.45, 7) is 4.33. The van der Waals surface area contributed by atoms with E-state index in [0.717, 1.165) is 16.8 Å². The molecule has 1 unspecified atom stereocenters. The van der Waals surface area contributed by atoms with E-state index in [4.69, 9.17) is 4.74 Å². The summed E-state index contributed by atoms with van der Waals surface area (Å²) in [7, 11) is -3.35. The van der Waals surface area contributed by atoms with Crippen LogP contribution >= 0.6 is 27.3 Å². The Kier molecular flexibility index (Phi) is 4.82. The summed E-state index contributed by atoms with van der Waals surface area (Å²) < 4.78 is 33.0. The van der Waals surface area contributed by atoms with Gasteiger partial charge in [-0.25, -0.2) is 8.42 Å². The minimum Gasteiger partial charge on any atom is -0.381 e. The third-order valence-electron chi connectivity index (χ3n) is 2.98. The largest absolute Gasteiger partial charge is 0.381 e. The maximum absolute atomic E-state index is 12.4. The van der Waals surface area contributed by atoms with Crippen LogP contribution in [0, 0.1) is 5.92 Å². The molecular weight excluding hydrogens is 338 g/mol. The average molecular weight is 354 g/mol. The van der Waals surface area contributed by atoms with Gasteiger partial charge in [-0.3, -0.25) is 0 Å². The van der Waals surface area contributed by atoms with E-state index in [9.17, 15) is 8.42 Å². The number of hydrogen-bond acceptors (Lipinski definition) is 4. The molecule has 2 heterocycles. The monoisotopic (exact) mass is 353 g/mol. The van der Waals surface area contributed by atoms with Gasteiger partial charge in [0.15, 0.2) is 0 Å². The normalized spacial score (nSPS) is 20.7. The standard InChI is InChI=1S/C11H16BrNO3S2/c1-2-13(7-9-5-6-16-8-9)18(14,15)11-4-3-10(12)17-11/h3-4,9H,2,5-8H2,1H3. The molecule has 1 fully saturated rings. The summed E-state index contributed by atoms with van der Waals surface area (Å²) in [4.78, 5) is 0. The fraction of sp³-hybridized carbons (Fsp3) is 0.636. The smallest absolute Gasteiger partial charge is 0.252 e. The fourth-order valence-corrected chi connectivity index (χ4v) is 5.67. The lowest BCUT2D eigenvalue weighted by atomic mass is 10.1. The van der Waals surface area contributed by atoms with Gasteiger partial charge in [-0.05, 0) is 40.4 Å². The predicted octanol–water partition coefficient (Wildman–Crippen LogP) is 2.56. The summed E-state index contributed by atoms with van der Waals surface area (Å²) in [5.41, 5.74) is 0. The van der Waals surface area contributed by atoms with Crippen molar-refractivity contribution in [3.63, 3.8) is 0 Å². The van der Waals surface area contributed by atoms with Crippen LogP contribution in [-0.2, 0) is 14.8 Å². The summed E-state index contributed by atoms with van der Waals surface area (Å²) in [6.07, 6.45) is 0.945. The maximum Gasteiger partial charge on any atom is 0.252 e. The van der Waals surface area contributed by atoms with E-state index in [-0.39, 0.29) is 0 Å². The highest BCUT2D eigenvalue weighted by Crippen LogP contribution is 2.29. The molecule has 4 nitrogen and oxygen atoms in total. The highest BCUT2D eigenvalue weighted by molar-refractivity contribution is 9.11. The van der Waals surface area contributed by atoms with E-state index in [2.05, 4.69) is 15.9 Å². The zero-order valence-electron chi connectivity index (χ0n) is 10.1. The minimum atomic E-state index is -3.35. The Balaban J connectivity index is 2.15. The van der Waals surface area contributed by atoms with Crippen molar-refractivity contribution in [1.29, 1.82) is 0 Å². The molecule has 0 amide bonds. The van der Waals surface area contributed by atoms with E-state index < -0.39 is 10.0 Å². The van der Waals surface area contributed by atoms with Crippen LogP contribution in [0.1, 0.15) is 13.3 Å². The lowest BCUT2D eigenvalue weighted by Gasteiger charge is -2.22. The summed E-state index contributed by atoms with van der Waals surface area (Å²) in [5.74, 6) is 0.322. The van der Waals surface area contributed by atoms with E-state index in [1.165, 1.54) is 11.3 Å². The molecule has 0 aromatic carbocycles. The Morgan fingerprint density at radius 3 is 2.83 bits per heavy atom. The van der Waals surface area contributed by atoms with Crippen molar-refractivity contribution in [2.24, 2.45) is 5.92 Å². The molecule has 1 saturated heterocycles. The van der Waals surface area contributed by atoms with E-state index >= 15 is 0 Å². The highest BCUT2D eigenvalue weighted by Gasteiger charge is 2.28. The molecule has 102 valence electrons. The molecule has 1 aliphatic heterocycles. The van der Waals surface area contributed by atoms with Gasteiger partial charge < -0.3 is 4.74 Å². The van der Waals surface area contributed by atoms with Crippen LogP contribution in [0.15, 0.2) is 20.1 Å². The van der Waals surface area contributed by atoms with E-state index in [1.807, 2.05) is 6.92 Å². The van der Waals surface area contributed by atoms with Gasteiger partial charge in [-0.1, -0.05) is 6.92 Å². The Bertz CT molecular complexity index is 494. The van der Waals surface area contributed by atoms with Gasteiger partial charge in [0.25, 0.3) is 10.0 Å². The molecule has 0 saturated carbocycles. The molecule has 1 aromatic rings. The second-order valence-electron chi connectivity index (χ2n) is 4.24. The Labute approximate surface area is 120 Å². The number of rotatable bonds is 5. The number of thiophene rings is 1. The number of sulfonamides is 1. The van der Waals surface area contributed by atoms with Crippen LogP contribution in [0.5, 0.6) is 0 Å². The van der Waals surface area contributed by atoms with Crippen molar-refractivity contribution in [3.8, 4) is 0 Å². The maximum atomic E-state index is 12.4. The molecule has 18 heavy (non-hydrogen) atoms. The van der Waals surface area contributed by atoms with Gasteiger partial charge in [0.1, 0.15) is 4.21 Å². The Hall–Kier alpha value is 0.0500. The fourth-order valence-electron chi connectivity index (χ4n) is 1.98. The second-order valence-corrected chi connectivity index (χ2v) is 8.87. The molecule has 1 aliphatic rings. The van der Waals surface area contributed by atoms with Crippen LogP contribution in [-0.4, -0.2) is 39.0 Å². The highest BCUT2D eigenvalue weighted by atomic mass is 79.9. The molecule has 0 aliphatic carbocycles. The van der Waals surface area contributed by atoms with Crippen molar-refractivity contribution >= 4 is 37.3 Å². The first-order valence-corrected chi connectivity index (χ1v) is 8.92. The van der Waals surface area contributed by atoms with Crippen molar-refractivity contribution in [3.05, 3.63) is 15.9 Å². The minimum absolute atomic E-state index is 0.322. The molecule has 1 atom stereocenters. The summed E-state index contributed by atoms with van der Waals surface area (Å²) >= 11 is 4.55. The molecule has 7 heteroatoms. The quantitative estimate of drug-likeness (QED) is 0.817. The van der Waals surface area contributed by atoms with Crippen molar-refractivity contribution in [2.45, 2.75) is 17.6 Å². The van der Waals surface area contributed by atoms with Gasteiger partial charge in [0, 0.05) is 19.7 Å². The van der Waals surface area contributed by atoms with Crippen LogP contribution in [0.4, 0.5) is 0 Å². The Morgan fingerprint density at radius 2 is 2.33 bits per heavy atom. The first-order valence-electron chi connectivity index (χ1n) is 5.87. The van der Waals surface area contributed by atoms with Crippen molar-refractivity contribution < 1.29 is 13.2 Å². The first-order chi connectivity index (χ1) is 8.54. The van der Waals surface area contributed by atoms with Gasteiger partial charge in [-0.15, -0.1) is 11.3 Å². The van der Waals surface area contributed by atoms with Crippen LogP contribution in [0.3, 0.4) is 0 Å². The third kappa shape index (κ3) is 3.14. The first kappa shape index (κ1) is 14.5. The summed E-state index contributed by atoms with van der Waals surface area (Å²) in [6, 6.07) is 3.42. The molecule has 1 aromatic heterocycles. The zero-order valence-corrected chi connectivity index (χ0v) is 13.4. The lowest BCUT2D eigenvalue weighted by Crippen LogP contribution is -2.35. The van der Waals surface area contributed by atoms with Crippen LogP contribution in [0.2, 0.25) is 0 Å². The van der Waals surface area contributed by atoms with Gasteiger partial charge in [-0.2, -0.15) is 4.31 Å². The average Bonchev–Trinajstić information content (AvgIpc) is 2.96. The zero-order chi connectivity index (χ0) is 13.2. The number of halogens is 1. The Morgan fingerprint density at radius 1 is 1.56 bits per heavy atom. The topological polar surface area (TPSA) is 46.6 Å². The molecule has 0 N–H and O–H groups in total. The van der Waals surface area contributed by atoms with Crippen LogP contribution < -0.4 is 0 Å². The van der Waals surface area contributed by atoms with E-state index in [0.29, 0.717) is 29.8 Å². The lowest BCUT2D eigenvalue weighted by molar-refractivity contribution is 0.181. The molecular formula is C11H16BrNO3S2. The SMILES string of the molecule is CCN(CC1CCOC1)S(=O)(=O)c1ccc(Br)s1. The van der Waals surface area contributed by atoms with Gasteiger partial charge in [0.05, 0.1) is 10.4 Å². The van der Waals surface area contributed by atoms with Crippen molar-refractivity contribution in [2.75, 3.05) is 26.3 Å². The number of ether oxygens (including phenoxy) is 1. The van der Waals surface area contributed by atoms with Crippen LogP contribution in [0.25, 0.3) is 0 Å². The number of hydrogen-bond donors (Lipinski definition) is 0. The van der Waals surface area contributed by atoms with Gasteiger partial charge >= 0.3 is 0 Å². The number of nitrogens with zero attached hydrogens (tertiary/aromatic N) is 1. The molecule has 0 spiro atoms. The molecule has 0 bridgehead atoms. The van der Waals surface area contributed by atoms with Gasteiger partial charge in [0.2, 0.25) is 0 Å². The van der Waals surface area contributed by atoms with E-state index in [1.54, 1.807) is 16.4 Å². The van der Waals surface area contributed by atoms with Crippen molar-refractivity contribution in [1.82, 2.24) is 4.31 Å². The predicted molar refractivity (Wildman–Crippen MR) is 75.4 cm³/mol. The summed E-state index contributed by atoms with van der Waals surface area (Å²) in [5, 5.41) is 0. The second kappa shape index (κ2) is 6.00. The molecule has 2 rings (SSSR count). The molecule has 0 radical (unpaired) electrons.